The fourth-order valence-electron chi connectivity index (χ4n) is 2.53. The van der Waals surface area contributed by atoms with E-state index in [-0.39, 0.29) is 12.3 Å². The van der Waals surface area contributed by atoms with Crippen molar-refractivity contribution in [3.63, 3.8) is 0 Å². The van der Waals surface area contributed by atoms with Crippen molar-refractivity contribution in [2.24, 2.45) is 4.99 Å². The summed E-state index contributed by atoms with van der Waals surface area (Å²) in [5.41, 5.74) is 0.867. The van der Waals surface area contributed by atoms with Gasteiger partial charge in [-0.25, -0.2) is 12.7 Å². The fraction of sp³-hybridized carbons (Fsp3) is 0.611. The van der Waals surface area contributed by atoms with Crippen molar-refractivity contribution in [2.75, 3.05) is 38.5 Å². The average molecular weight is 385 g/mol. The minimum absolute atomic E-state index is 0.0196. The Hall–Kier alpha value is -1.64. The average Bonchev–Trinajstić information content (AvgIpc) is 2.63. The van der Waals surface area contributed by atoms with Gasteiger partial charge in [0.15, 0.2) is 5.96 Å². The van der Waals surface area contributed by atoms with E-state index in [0.717, 1.165) is 5.56 Å². The first-order valence-corrected chi connectivity index (χ1v) is 10.8. The number of hydrogen-bond acceptors (Lipinski definition) is 4. The van der Waals surface area contributed by atoms with Gasteiger partial charge in [-0.1, -0.05) is 44.2 Å². The number of nitrogens with one attached hydrogen (secondary N) is 2. The van der Waals surface area contributed by atoms with Crippen LogP contribution in [0.5, 0.6) is 0 Å². The molecule has 8 heteroatoms. The molecule has 1 unspecified atom stereocenters. The molecule has 0 aliphatic heterocycles. The van der Waals surface area contributed by atoms with Crippen LogP contribution in [-0.4, -0.2) is 62.3 Å². The summed E-state index contributed by atoms with van der Waals surface area (Å²) < 4.78 is 25.8. The Morgan fingerprint density at radius 3 is 2.38 bits per heavy atom. The molecule has 0 aliphatic carbocycles. The molecule has 1 atom stereocenters. The minimum Gasteiger partial charge on any atom is -0.388 e. The van der Waals surface area contributed by atoms with E-state index in [1.54, 1.807) is 0 Å². The molecule has 0 fully saturated rings. The fourth-order valence-corrected chi connectivity index (χ4v) is 3.93. The van der Waals surface area contributed by atoms with Crippen LogP contribution in [-0.2, 0) is 10.0 Å². The van der Waals surface area contributed by atoms with E-state index in [4.69, 9.17) is 0 Å². The third kappa shape index (κ3) is 7.72. The maximum atomic E-state index is 12.2. The number of rotatable bonds is 11. The summed E-state index contributed by atoms with van der Waals surface area (Å²) in [4.78, 5) is 4.41. The van der Waals surface area contributed by atoms with Crippen LogP contribution in [0.2, 0.25) is 0 Å². The first-order chi connectivity index (χ1) is 12.4. The third-order valence-electron chi connectivity index (χ3n) is 3.95. The first kappa shape index (κ1) is 22.4. The zero-order valence-corrected chi connectivity index (χ0v) is 16.8. The van der Waals surface area contributed by atoms with E-state index in [0.29, 0.717) is 38.6 Å². The standard InChI is InChI=1S/C18H32N4O3S/c1-4-19-18(21-14-15-26(24,25)22(5-2)6-3)20-13-12-17(23)16-10-8-7-9-11-16/h7-11,17,23H,4-6,12-15H2,1-3H3,(H2,19,20,21). The van der Waals surface area contributed by atoms with Gasteiger partial charge in [-0.15, -0.1) is 0 Å². The van der Waals surface area contributed by atoms with Gasteiger partial charge in [0, 0.05) is 32.7 Å². The Kier molecular flexibility index (Phi) is 10.2. The molecule has 26 heavy (non-hydrogen) atoms. The smallest absolute Gasteiger partial charge is 0.215 e. The molecule has 0 saturated carbocycles. The number of aliphatic hydroxyl groups is 1. The van der Waals surface area contributed by atoms with Gasteiger partial charge in [0.2, 0.25) is 10.0 Å². The van der Waals surface area contributed by atoms with Crippen LogP contribution >= 0.6 is 0 Å². The molecule has 148 valence electrons. The minimum atomic E-state index is -3.26. The zero-order valence-electron chi connectivity index (χ0n) is 16.0. The number of nitrogens with zero attached hydrogens (tertiary/aromatic N) is 2. The molecule has 0 aliphatic rings. The monoisotopic (exact) mass is 384 g/mol. The normalized spacial score (nSPS) is 13.7. The number of hydrogen-bond donors (Lipinski definition) is 3. The molecule has 1 aromatic carbocycles. The lowest BCUT2D eigenvalue weighted by Crippen LogP contribution is -2.42. The van der Waals surface area contributed by atoms with E-state index >= 15 is 0 Å². The molecule has 0 aromatic heterocycles. The molecule has 0 amide bonds. The summed E-state index contributed by atoms with van der Waals surface area (Å²) in [5, 5.41) is 16.3. The van der Waals surface area contributed by atoms with E-state index in [9.17, 15) is 13.5 Å². The van der Waals surface area contributed by atoms with Crippen molar-refractivity contribution in [3.05, 3.63) is 35.9 Å². The summed E-state index contributed by atoms with van der Waals surface area (Å²) in [6.07, 6.45) is -0.0657. The second kappa shape index (κ2) is 11.9. The van der Waals surface area contributed by atoms with Crippen LogP contribution in [0.3, 0.4) is 0 Å². The molecular formula is C18H32N4O3S. The topological polar surface area (TPSA) is 94.0 Å². The van der Waals surface area contributed by atoms with Crippen LogP contribution < -0.4 is 10.6 Å². The van der Waals surface area contributed by atoms with Crippen LogP contribution in [0.1, 0.15) is 38.9 Å². The number of guanidine groups is 1. The number of sulfonamides is 1. The molecule has 0 radical (unpaired) electrons. The zero-order chi connectivity index (χ0) is 19.4. The lowest BCUT2D eigenvalue weighted by atomic mass is 10.1. The van der Waals surface area contributed by atoms with Gasteiger partial charge in [-0.05, 0) is 18.9 Å². The molecular weight excluding hydrogens is 352 g/mol. The highest BCUT2D eigenvalue weighted by atomic mass is 32.2. The molecule has 0 saturated heterocycles. The molecule has 0 spiro atoms. The molecule has 7 nitrogen and oxygen atoms in total. The van der Waals surface area contributed by atoms with Gasteiger partial charge in [-0.2, -0.15) is 0 Å². The Labute approximate surface area is 157 Å². The van der Waals surface area contributed by atoms with E-state index in [2.05, 4.69) is 15.6 Å². The molecule has 1 rings (SSSR count). The summed E-state index contributed by atoms with van der Waals surface area (Å²) in [6.45, 7) is 7.96. The molecule has 1 aromatic rings. The van der Waals surface area contributed by atoms with Crippen molar-refractivity contribution in [3.8, 4) is 0 Å². The number of aliphatic imine (C=N–C) groups is 1. The Morgan fingerprint density at radius 2 is 1.81 bits per heavy atom. The molecule has 3 N–H and O–H groups in total. The van der Waals surface area contributed by atoms with Gasteiger partial charge in [0.25, 0.3) is 0 Å². The van der Waals surface area contributed by atoms with E-state index < -0.39 is 16.1 Å². The predicted molar refractivity (Wildman–Crippen MR) is 107 cm³/mol. The lowest BCUT2D eigenvalue weighted by Gasteiger charge is -2.19. The predicted octanol–water partition coefficient (Wildman–Crippen LogP) is 1.34. The second-order valence-corrected chi connectivity index (χ2v) is 7.89. The van der Waals surface area contributed by atoms with Gasteiger partial charge in [-0.3, -0.25) is 4.99 Å². The SMILES string of the molecule is CCNC(=NCCC(O)c1ccccc1)NCCS(=O)(=O)N(CC)CC. The number of aliphatic hydroxyl groups excluding tert-OH is 1. The van der Waals surface area contributed by atoms with E-state index in [1.807, 2.05) is 51.1 Å². The highest BCUT2D eigenvalue weighted by Crippen LogP contribution is 2.15. The van der Waals surface area contributed by atoms with Crippen molar-refractivity contribution < 1.29 is 13.5 Å². The van der Waals surface area contributed by atoms with Gasteiger partial charge >= 0.3 is 0 Å². The number of benzene rings is 1. The van der Waals surface area contributed by atoms with Crippen LogP contribution in [0, 0.1) is 0 Å². The molecule has 0 heterocycles. The highest BCUT2D eigenvalue weighted by molar-refractivity contribution is 7.89. The second-order valence-electron chi connectivity index (χ2n) is 5.80. The van der Waals surface area contributed by atoms with Gasteiger partial charge < -0.3 is 15.7 Å². The van der Waals surface area contributed by atoms with Crippen molar-refractivity contribution in [1.82, 2.24) is 14.9 Å². The largest absolute Gasteiger partial charge is 0.388 e. The van der Waals surface area contributed by atoms with Crippen LogP contribution in [0.25, 0.3) is 0 Å². The summed E-state index contributed by atoms with van der Waals surface area (Å²) in [7, 11) is -3.26. The maximum absolute atomic E-state index is 12.2. The summed E-state index contributed by atoms with van der Waals surface area (Å²) >= 11 is 0. The van der Waals surface area contributed by atoms with Crippen LogP contribution in [0.4, 0.5) is 0 Å². The Bertz CT molecular complexity index is 631. The van der Waals surface area contributed by atoms with Crippen molar-refractivity contribution >= 4 is 16.0 Å². The summed E-state index contributed by atoms with van der Waals surface area (Å²) in [5.74, 6) is 0.577. The van der Waals surface area contributed by atoms with Gasteiger partial charge in [0.05, 0.1) is 11.9 Å². The summed E-state index contributed by atoms with van der Waals surface area (Å²) in [6, 6.07) is 9.47. The van der Waals surface area contributed by atoms with Crippen molar-refractivity contribution in [2.45, 2.75) is 33.3 Å². The van der Waals surface area contributed by atoms with Crippen molar-refractivity contribution in [1.29, 1.82) is 0 Å². The highest BCUT2D eigenvalue weighted by Gasteiger charge is 2.18. The lowest BCUT2D eigenvalue weighted by molar-refractivity contribution is 0.170. The third-order valence-corrected chi connectivity index (χ3v) is 5.98. The maximum Gasteiger partial charge on any atom is 0.215 e. The molecule has 0 bridgehead atoms. The first-order valence-electron chi connectivity index (χ1n) is 9.17. The van der Waals surface area contributed by atoms with Crippen LogP contribution in [0.15, 0.2) is 35.3 Å². The van der Waals surface area contributed by atoms with E-state index in [1.165, 1.54) is 4.31 Å². The van der Waals surface area contributed by atoms with Gasteiger partial charge in [0.1, 0.15) is 0 Å². The Morgan fingerprint density at radius 1 is 1.15 bits per heavy atom. The Balaban J connectivity index is 2.51. The quantitative estimate of drug-likeness (QED) is 0.395.